The molecule has 0 unspecified atom stereocenters. The maximum absolute atomic E-state index is 12.7. The molecule has 2 aromatic rings. The first-order chi connectivity index (χ1) is 13.5. The first-order valence-electron chi connectivity index (χ1n) is 8.03. The molecule has 0 spiro atoms. The van der Waals surface area contributed by atoms with Gasteiger partial charge in [0.05, 0.1) is 4.91 Å². The van der Waals surface area contributed by atoms with Gasteiger partial charge in [-0.1, -0.05) is 48.2 Å². The number of hydrogen-bond acceptors (Lipinski definition) is 6. The lowest BCUT2D eigenvalue weighted by molar-refractivity contribution is -0.139. The molecule has 0 atom stereocenters. The number of carbonyl (C=O) groups excluding carboxylic acids is 2. The van der Waals surface area contributed by atoms with Crippen molar-refractivity contribution in [3.8, 4) is 5.75 Å². The van der Waals surface area contributed by atoms with Crippen molar-refractivity contribution in [1.82, 2.24) is 10.4 Å². The van der Waals surface area contributed by atoms with Gasteiger partial charge >= 0.3 is 5.97 Å². The van der Waals surface area contributed by atoms with E-state index in [0.717, 1.165) is 16.8 Å². The number of benzene rings is 2. The van der Waals surface area contributed by atoms with Crippen molar-refractivity contribution in [2.45, 2.75) is 0 Å². The summed E-state index contributed by atoms with van der Waals surface area (Å²) in [7, 11) is 0. The first kappa shape index (κ1) is 19.6. The van der Waals surface area contributed by atoms with Crippen LogP contribution in [0.25, 0.3) is 6.08 Å². The molecule has 2 aromatic carbocycles. The molecule has 1 heterocycles. The molecular weight excluding hydrogens is 400 g/mol. The Morgan fingerprint density at radius 3 is 2.54 bits per heavy atom. The van der Waals surface area contributed by atoms with Gasteiger partial charge in [-0.25, -0.2) is 4.79 Å². The molecule has 9 heteroatoms. The standard InChI is InChI=1S/C19H14N2O5S2/c22-16(23)11-26-14-9-5-4-8-13(14)10-15-18(25)21(19(27)28-15)20-17(24)12-6-2-1-3-7-12/h1-10H,11H2,(H,20,24)(H,22,23)/b15-10-. The largest absolute Gasteiger partial charge is 0.481 e. The SMILES string of the molecule is O=C(O)COc1ccccc1/C=C1\SC(=S)N(NC(=O)c2ccccc2)C1=O. The predicted octanol–water partition coefficient (Wildman–Crippen LogP) is 2.70. The normalized spacial score (nSPS) is 15.0. The number of hydrogen-bond donors (Lipinski definition) is 2. The summed E-state index contributed by atoms with van der Waals surface area (Å²) < 4.78 is 5.42. The van der Waals surface area contributed by atoms with Crippen molar-refractivity contribution in [3.05, 3.63) is 70.6 Å². The van der Waals surface area contributed by atoms with Crippen LogP contribution in [0.4, 0.5) is 0 Å². The van der Waals surface area contributed by atoms with Crippen LogP contribution in [0.5, 0.6) is 5.75 Å². The molecule has 0 radical (unpaired) electrons. The number of carboxylic acid groups (broad SMARTS) is 1. The summed E-state index contributed by atoms with van der Waals surface area (Å²) in [6.45, 7) is -0.501. The average Bonchev–Trinajstić information content (AvgIpc) is 2.95. The van der Waals surface area contributed by atoms with Gasteiger partial charge in [-0.3, -0.25) is 15.0 Å². The Morgan fingerprint density at radius 1 is 1.14 bits per heavy atom. The molecule has 1 fully saturated rings. The Labute approximate surface area is 170 Å². The fourth-order valence-electron chi connectivity index (χ4n) is 2.33. The Kier molecular flexibility index (Phi) is 6.07. The summed E-state index contributed by atoms with van der Waals surface area (Å²) in [6, 6.07) is 15.2. The third kappa shape index (κ3) is 4.56. The number of thioether (sulfide) groups is 1. The monoisotopic (exact) mass is 414 g/mol. The highest BCUT2D eigenvalue weighted by Crippen LogP contribution is 2.33. The molecule has 0 bridgehead atoms. The Bertz CT molecular complexity index is 975. The van der Waals surface area contributed by atoms with Gasteiger partial charge in [0, 0.05) is 11.1 Å². The van der Waals surface area contributed by atoms with E-state index in [1.165, 1.54) is 0 Å². The van der Waals surface area contributed by atoms with E-state index in [0.29, 0.717) is 16.9 Å². The zero-order valence-corrected chi connectivity index (χ0v) is 16.0. The summed E-state index contributed by atoms with van der Waals surface area (Å²) in [5.41, 5.74) is 3.42. The van der Waals surface area contributed by atoms with Gasteiger partial charge in [-0.2, -0.15) is 5.01 Å². The molecule has 1 saturated heterocycles. The fourth-order valence-corrected chi connectivity index (χ4v) is 3.50. The summed E-state index contributed by atoms with van der Waals surface area (Å²) in [5, 5.41) is 9.79. The van der Waals surface area contributed by atoms with Crippen LogP contribution >= 0.6 is 24.0 Å². The van der Waals surface area contributed by atoms with Crippen molar-refractivity contribution in [2.75, 3.05) is 6.61 Å². The van der Waals surface area contributed by atoms with Crippen LogP contribution in [0.15, 0.2) is 59.5 Å². The number of ether oxygens (including phenoxy) is 1. The van der Waals surface area contributed by atoms with E-state index in [2.05, 4.69) is 5.43 Å². The van der Waals surface area contributed by atoms with Crippen LogP contribution in [0.1, 0.15) is 15.9 Å². The number of carboxylic acids is 1. The molecule has 1 aliphatic heterocycles. The molecule has 2 N–H and O–H groups in total. The first-order valence-corrected chi connectivity index (χ1v) is 9.26. The smallest absolute Gasteiger partial charge is 0.341 e. The number of hydrazine groups is 1. The average molecular weight is 414 g/mol. The number of amides is 2. The number of nitrogens with zero attached hydrogens (tertiary/aromatic N) is 1. The quantitative estimate of drug-likeness (QED) is 0.554. The van der Waals surface area contributed by atoms with Crippen molar-refractivity contribution >= 4 is 52.2 Å². The second kappa shape index (κ2) is 8.68. The third-order valence-corrected chi connectivity index (χ3v) is 4.90. The van der Waals surface area contributed by atoms with Crippen molar-refractivity contribution in [3.63, 3.8) is 0 Å². The summed E-state index contributed by atoms with van der Waals surface area (Å²) in [4.78, 5) is 36.0. The van der Waals surface area contributed by atoms with E-state index >= 15 is 0 Å². The van der Waals surface area contributed by atoms with Crippen LogP contribution in [0.2, 0.25) is 0 Å². The van der Waals surface area contributed by atoms with E-state index < -0.39 is 24.4 Å². The second-order valence-electron chi connectivity index (χ2n) is 5.54. The van der Waals surface area contributed by atoms with Gasteiger partial charge in [0.15, 0.2) is 10.9 Å². The lowest BCUT2D eigenvalue weighted by Gasteiger charge is -2.15. The molecule has 28 heavy (non-hydrogen) atoms. The minimum atomic E-state index is -1.11. The Morgan fingerprint density at radius 2 is 1.82 bits per heavy atom. The maximum atomic E-state index is 12.7. The van der Waals surface area contributed by atoms with E-state index in [1.807, 2.05) is 0 Å². The molecule has 0 aliphatic carbocycles. The van der Waals surface area contributed by atoms with Crippen LogP contribution in [0, 0.1) is 0 Å². The summed E-state index contributed by atoms with van der Waals surface area (Å²) in [5.74, 6) is -1.72. The molecule has 1 aliphatic rings. The highest BCUT2D eigenvalue weighted by molar-refractivity contribution is 8.26. The van der Waals surface area contributed by atoms with Crippen molar-refractivity contribution in [2.24, 2.45) is 0 Å². The van der Waals surface area contributed by atoms with Gasteiger partial charge in [-0.15, -0.1) is 0 Å². The number of carbonyl (C=O) groups is 3. The molecule has 3 rings (SSSR count). The predicted molar refractivity (Wildman–Crippen MR) is 108 cm³/mol. The lowest BCUT2D eigenvalue weighted by Crippen LogP contribution is -2.44. The Hall–Kier alpha value is -3.17. The van der Waals surface area contributed by atoms with E-state index in [-0.39, 0.29) is 9.23 Å². The van der Waals surface area contributed by atoms with Crippen molar-refractivity contribution in [1.29, 1.82) is 0 Å². The minimum absolute atomic E-state index is 0.185. The van der Waals surface area contributed by atoms with E-state index in [1.54, 1.807) is 60.7 Å². The number of nitrogens with one attached hydrogen (secondary N) is 1. The molecular formula is C19H14N2O5S2. The van der Waals surface area contributed by atoms with Gasteiger partial charge in [-0.05, 0) is 36.5 Å². The second-order valence-corrected chi connectivity index (χ2v) is 7.22. The lowest BCUT2D eigenvalue weighted by atomic mass is 10.2. The Balaban J connectivity index is 1.78. The molecule has 7 nitrogen and oxygen atoms in total. The number of thiocarbonyl (C=S) groups is 1. The molecule has 0 aromatic heterocycles. The van der Waals surface area contributed by atoms with Gasteiger partial charge < -0.3 is 9.84 Å². The van der Waals surface area contributed by atoms with E-state index in [9.17, 15) is 14.4 Å². The van der Waals surface area contributed by atoms with Crippen molar-refractivity contribution < 1.29 is 24.2 Å². The van der Waals surface area contributed by atoms with Gasteiger partial charge in [0.25, 0.3) is 11.8 Å². The third-order valence-electron chi connectivity index (χ3n) is 3.60. The number of aliphatic carboxylic acids is 1. The van der Waals surface area contributed by atoms with Crippen LogP contribution in [-0.2, 0) is 9.59 Å². The fraction of sp³-hybridized carbons (Fsp3) is 0.0526. The van der Waals surface area contributed by atoms with Gasteiger partial charge in [0.1, 0.15) is 5.75 Å². The zero-order valence-electron chi connectivity index (χ0n) is 14.3. The van der Waals surface area contributed by atoms with Crippen LogP contribution in [-0.4, -0.2) is 38.8 Å². The molecule has 142 valence electrons. The topological polar surface area (TPSA) is 95.9 Å². The van der Waals surface area contributed by atoms with Crippen LogP contribution in [0.3, 0.4) is 0 Å². The summed E-state index contributed by atoms with van der Waals surface area (Å²) in [6.07, 6.45) is 1.55. The summed E-state index contributed by atoms with van der Waals surface area (Å²) >= 11 is 6.23. The zero-order chi connectivity index (χ0) is 20.1. The molecule has 0 saturated carbocycles. The maximum Gasteiger partial charge on any atom is 0.341 e. The highest BCUT2D eigenvalue weighted by Gasteiger charge is 2.34. The molecule has 2 amide bonds. The van der Waals surface area contributed by atoms with Gasteiger partial charge in [0.2, 0.25) is 0 Å². The van der Waals surface area contributed by atoms with Crippen LogP contribution < -0.4 is 10.2 Å². The number of para-hydroxylation sites is 1. The highest BCUT2D eigenvalue weighted by atomic mass is 32.2. The minimum Gasteiger partial charge on any atom is -0.481 e. The van der Waals surface area contributed by atoms with E-state index in [4.69, 9.17) is 22.1 Å². The number of rotatable bonds is 6.